The van der Waals surface area contributed by atoms with Gasteiger partial charge in [0.15, 0.2) is 0 Å². The van der Waals surface area contributed by atoms with Crippen molar-refractivity contribution in [2.75, 3.05) is 45.4 Å². The standard InChI is InChI=1S/C15H20N2O4/c1-19-13-11(14(18)20-2)3-4-12(16-13)17-7-5-15(9-17)6-8-21-10-15/h3-4H,5-10H2,1-2H3. The third-order valence-corrected chi connectivity index (χ3v) is 4.39. The van der Waals surface area contributed by atoms with E-state index in [1.165, 1.54) is 14.2 Å². The molecule has 114 valence electrons. The molecule has 2 saturated heterocycles. The van der Waals surface area contributed by atoms with Crippen LogP contribution in [0.5, 0.6) is 5.88 Å². The summed E-state index contributed by atoms with van der Waals surface area (Å²) in [6, 6.07) is 3.56. The fourth-order valence-electron chi connectivity index (χ4n) is 3.13. The number of aromatic nitrogens is 1. The molecular formula is C15H20N2O4. The fraction of sp³-hybridized carbons (Fsp3) is 0.600. The normalized spacial score (nSPS) is 24.6. The van der Waals surface area contributed by atoms with Crippen LogP contribution in [0.25, 0.3) is 0 Å². The van der Waals surface area contributed by atoms with Crippen LogP contribution in [0.15, 0.2) is 12.1 Å². The maximum atomic E-state index is 11.7. The van der Waals surface area contributed by atoms with Crippen molar-refractivity contribution in [3.63, 3.8) is 0 Å². The highest BCUT2D eigenvalue weighted by Gasteiger charge is 2.41. The van der Waals surface area contributed by atoms with E-state index < -0.39 is 5.97 Å². The van der Waals surface area contributed by atoms with Gasteiger partial charge in [-0.1, -0.05) is 0 Å². The molecule has 0 aromatic carbocycles. The largest absolute Gasteiger partial charge is 0.480 e. The second-order valence-corrected chi connectivity index (χ2v) is 5.69. The number of hydrogen-bond acceptors (Lipinski definition) is 6. The molecule has 0 amide bonds. The average Bonchev–Trinajstić information content (AvgIpc) is 3.16. The van der Waals surface area contributed by atoms with Gasteiger partial charge in [0.2, 0.25) is 5.88 Å². The number of hydrogen-bond donors (Lipinski definition) is 0. The van der Waals surface area contributed by atoms with Gasteiger partial charge in [0.25, 0.3) is 0 Å². The monoisotopic (exact) mass is 292 g/mol. The Labute approximate surface area is 124 Å². The minimum Gasteiger partial charge on any atom is -0.480 e. The predicted octanol–water partition coefficient (Wildman–Crippen LogP) is 1.49. The van der Waals surface area contributed by atoms with Crippen LogP contribution in [0, 0.1) is 5.41 Å². The minimum absolute atomic E-state index is 0.274. The van der Waals surface area contributed by atoms with E-state index in [0.717, 1.165) is 45.0 Å². The summed E-state index contributed by atoms with van der Waals surface area (Å²) in [4.78, 5) is 18.4. The van der Waals surface area contributed by atoms with E-state index in [9.17, 15) is 4.79 Å². The van der Waals surface area contributed by atoms with E-state index in [2.05, 4.69) is 9.88 Å². The lowest BCUT2D eigenvalue weighted by Gasteiger charge is -2.23. The number of esters is 1. The van der Waals surface area contributed by atoms with Crippen molar-refractivity contribution in [1.82, 2.24) is 4.98 Å². The number of ether oxygens (including phenoxy) is 3. The number of anilines is 1. The van der Waals surface area contributed by atoms with E-state index in [1.807, 2.05) is 6.07 Å². The van der Waals surface area contributed by atoms with E-state index in [4.69, 9.17) is 14.2 Å². The number of carbonyl (C=O) groups is 1. The molecule has 3 rings (SSSR count). The molecule has 0 radical (unpaired) electrons. The molecule has 0 aliphatic carbocycles. The first-order valence-corrected chi connectivity index (χ1v) is 7.13. The summed E-state index contributed by atoms with van der Waals surface area (Å²) < 4.78 is 15.5. The van der Waals surface area contributed by atoms with Gasteiger partial charge in [-0.2, -0.15) is 4.98 Å². The summed E-state index contributed by atoms with van der Waals surface area (Å²) in [6.45, 7) is 3.59. The molecule has 2 aliphatic rings. The van der Waals surface area contributed by atoms with Crippen molar-refractivity contribution in [2.24, 2.45) is 5.41 Å². The molecule has 6 nitrogen and oxygen atoms in total. The van der Waals surface area contributed by atoms with E-state index in [1.54, 1.807) is 6.07 Å². The van der Waals surface area contributed by atoms with E-state index >= 15 is 0 Å². The highest BCUT2D eigenvalue weighted by molar-refractivity contribution is 5.92. The van der Waals surface area contributed by atoms with Gasteiger partial charge in [0.1, 0.15) is 11.4 Å². The SMILES string of the molecule is COC(=O)c1ccc(N2CCC3(CCOC3)C2)nc1OC. The summed E-state index contributed by atoms with van der Waals surface area (Å²) in [5.74, 6) is 0.708. The molecule has 1 unspecified atom stereocenters. The molecule has 0 N–H and O–H groups in total. The zero-order valence-electron chi connectivity index (χ0n) is 12.4. The average molecular weight is 292 g/mol. The Morgan fingerprint density at radius 3 is 2.90 bits per heavy atom. The Kier molecular flexibility index (Phi) is 3.71. The highest BCUT2D eigenvalue weighted by Crippen LogP contribution is 2.39. The van der Waals surface area contributed by atoms with Gasteiger partial charge >= 0.3 is 5.97 Å². The number of rotatable bonds is 3. The molecule has 2 fully saturated rings. The van der Waals surface area contributed by atoms with Gasteiger partial charge in [0, 0.05) is 25.1 Å². The first-order chi connectivity index (χ1) is 10.2. The molecule has 1 spiro atoms. The first kappa shape index (κ1) is 14.1. The lowest BCUT2D eigenvalue weighted by molar-refractivity contribution is 0.0596. The van der Waals surface area contributed by atoms with Crippen LogP contribution in [-0.4, -0.2) is 51.5 Å². The van der Waals surface area contributed by atoms with Crippen molar-refractivity contribution in [3.8, 4) is 5.88 Å². The topological polar surface area (TPSA) is 60.9 Å². The molecule has 3 heterocycles. The van der Waals surface area contributed by atoms with Crippen LogP contribution in [0.1, 0.15) is 23.2 Å². The Morgan fingerprint density at radius 2 is 2.24 bits per heavy atom. The predicted molar refractivity (Wildman–Crippen MR) is 76.8 cm³/mol. The zero-order valence-corrected chi connectivity index (χ0v) is 12.4. The van der Waals surface area contributed by atoms with Crippen molar-refractivity contribution in [2.45, 2.75) is 12.8 Å². The number of methoxy groups -OCH3 is 2. The minimum atomic E-state index is -0.437. The summed E-state index contributed by atoms with van der Waals surface area (Å²) in [5, 5.41) is 0. The second-order valence-electron chi connectivity index (χ2n) is 5.69. The molecule has 1 aromatic rings. The van der Waals surface area contributed by atoms with Crippen LogP contribution in [-0.2, 0) is 9.47 Å². The molecule has 21 heavy (non-hydrogen) atoms. The first-order valence-electron chi connectivity index (χ1n) is 7.13. The third kappa shape index (κ3) is 2.55. The molecule has 1 aromatic heterocycles. The Balaban J connectivity index is 1.82. The smallest absolute Gasteiger partial charge is 0.343 e. The summed E-state index contributed by atoms with van der Waals surface area (Å²) in [6.07, 6.45) is 2.23. The summed E-state index contributed by atoms with van der Waals surface area (Å²) in [7, 11) is 2.86. The molecule has 0 saturated carbocycles. The van der Waals surface area contributed by atoms with Crippen molar-refractivity contribution in [3.05, 3.63) is 17.7 Å². The van der Waals surface area contributed by atoms with Gasteiger partial charge in [0.05, 0.1) is 20.8 Å². The lowest BCUT2D eigenvalue weighted by atomic mass is 9.87. The van der Waals surface area contributed by atoms with Gasteiger partial charge in [-0.05, 0) is 25.0 Å². The Morgan fingerprint density at radius 1 is 1.38 bits per heavy atom. The molecule has 0 bridgehead atoms. The van der Waals surface area contributed by atoms with Crippen molar-refractivity contribution >= 4 is 11.8 Å². The van der Waals surface area contributed by atoms with Gasteiger partial charge in [-0.25, -0.2) is 4.79 Å². The quantitative estimate of drug-likeness (QED) is 0.787. The number of carbonyl (C=O) groups excluding carboxylic acids is 1. The third-order valence-electron chi connectivity index (χ3n) is 4.39. The summed E-state index contributed by atoms with van der Waals surface area (Å²) in [5.41, 5.74) is 0.623. The van der Waals surface area contributed by atoms with Crippen LogP contribution >= 0.6 is 0 Å². The number of nitrogens with zero attached hydrogens (tertiary/aromatic N) is 2. The van der Waals surface area contributed by atoms with Crippen LogP contribution in [0.2, 0.25) is 0 Å². The maximum absolute atomic E-state index is 11.7. The highest BCUT2D eigenvalue weighted by atomic mass is 16.5. The van der Waals surface area contributed by atoms with E-state index in [0.29, 0.717) is 11.4 Å². The van der Waals surface area contributed by atoms with E-state index in [-0.39, 0.29) is 5.41 Å². The second kappa shape index (κ2) is 5.52. The van der Waals surface area contributed by atoms with Crippen molar-refractivity contribution in [1.29, 1.82) is 0 Å². The zero-order chi connectivity index (χ0) is 14.9. The molecule has 2 aliphatic heterocycles. The van der Waals surface area contributed by atoms with Crippen LogP contribution in [0.3, 0.4) is 0 Å². The Hall–Kier alpha value is -1.82. The fourth-order valence-corrected chi connectivity index (χ4v) is 3.13. The van der Waals surface area contributed by atoms with Gasteiger partial charge in [-0.15, -0.1) is 0 Å². The lowest BCUT2D eigenvalue weighted by Crippen LogP contribution is -2.28. The van der Waals surface area contributed by atoms with Crippen molar-refractivity contribution < 1.29 is 19.0 Å². The molecular weight excluding hydrogens is 272 g/mol. The summed E-state index contributed by atoms with van der Waals surface area (Å²) >= 11 is 0. The molecule has 6 heteroatoms. The van der Waals surface area contributed by atoms with Gasteiger partial charge < -0.3 is 19.1 Å². The van der Waals surface area contributed by atoms with Crippen LogP contribution < -0.4 is 9.64 Å². The van der Waals surface area contributed by atoms with Gasteiger partial charge in [-0.3, -0.25) is 0 Å². The molecule has 1 atom stereocenters. The maximum Gasteiger partial charge on any atom is 0.343 e. The van der Waals surface area contributed by atoms with Crippen LogP contribution in [0.4, 0.5) is 5.82 Å². The Bertz CT molecular complexity index is 540. The number of pyridine rings is 1.